The average molecular weight is 655 g/mol. The summed E-state index contributed by atoms with van der Waals surface area (Å²) < 4.78 is 12.5. The molecule has 0 bridgehead atoms. The van der Waals surface area contributed by atoms with Crippen LogP contribution < -0.4 is 0 Å². The van der Waals surface area contributed by atoms with Gasteiger partial charge in [0.25, 0.3) is 0 Å². The number of aliphatic hydroxyl groups excluding tert-OH is 8. The van der Waals surface area contributed by atoms with Crippen LogP contribution in [-0.2, 0) is 9.47 Å². The Labute approximate surface area is 274 Å². The molecule has 0 spiro atoms. The van der Waals surface area contributed by atoms with Crippen molar-refractivity contribution >= 4 is 0 Å². The van der Waals surface area contributed by atoms with E-state index in [1.807, 2.05) is 6.92 Å². The molecule has 1 heterocycles. The third kappa shape index (κ3) is 5.37. The summed E-state index contributed by atoms with van der Waals surface area (Å²) in [6, 6.07) is 0. The van der Waals surface area contributed by atoms with Gasteiger partial charge in [-0.3, -0.25) is 0 Å². The zero-order valence-corrected chi connectivity index (χ0v) is 29.0. The molecule has 4 aliphatic carbocycles. The smallest absolute Gasteiger partial charge is 0.187 e. The van der Waals surface area contributed by atoms with E-state index in [0.717, 1.165) is 12.8 Å². The molecule has 4 saturated carbocycles. The Kier molecular flexibility index (Phi) is 9.78. The van der Waals surface area contributed by atoms with Crippen molar-refractivity contribution in [2.24, 2.45) is 45.3 Å². The first-order valence-corrected chi connectivity index (χ1v) is 17.6. The molecule has 5 fully saturated rings. The lowest BCUT2D eigenvalue weighted by Gasteiger charge is -2.71. The predicted octanol–water partition coefficient (Wildman–Crippen LogP) is 2.27. The summed E-state index contributed by atoms with van der Waals surface area (Å²) in [6.45, 7) is 18.0. The lowest BCUT2D eigenvalue weighted by atomic mass is 9.34. The monoisotopic (exact) mass is 654 g/mol. The second-order valence-corrected chi connectivity index (χ2v) is 17.5. The number of ether oxygens (including phenoxy) is 2. The van der Waals surface area contributed by atoms with Gasteiger partial charge in [-0.15, -0.1) is 0 Å². The van der Waals surface area contributed by atoms with Gasteiger partial charge in [0.15, 0.2) is 6.29 Å². The predicted molar refractivity (Wildman–Crippen MR) is 171 cm³/mol. The van der Waals surface area contributed by atoms with E-state index in [-0.39, 0.29) is 39.9 Å². The van der Waals surface area contributed by atoms with E-state index < -0.39 is 72.7 Å². The first-order valence-electron chi connectivity index (χ1n) is 17.6. The van der Waals surface area contributed by atoms with Crippen molar-refractivity contribution in [2.75, 3.05) is 6.61 Å². The Balaban J connectivity index is 1.51. The van der Waals surface area contributed by atoms with Crippen molar-refractivity contribution < 1.29 is 50.3 Å². The van der Waals surface area contributed by atoms with Gasteiger partial charge in [0.2, 0.25) is 0 Å². The van der Waals surface area contributed by atoms with Crippen LogP contribution in [0.25, 0.3) is 0 Å². The Morgan fingerprint density at radius 1 is 0.935 bits per heavy atom. The molecule has 266 valence electrons. The van der Waals surface area contributed by atoms with Crippen LogP contribution in [0.3, 0.4) is 0 Å². The summed E-state index contributed by atoms with van der Waals surface area (Å²) in [5.74, 6) is -0.449. The summed E-state index contributed by atoms with van der Waals surface area (Å²) in [7, 11) is 0. The Morgan fingerprint density at radius 2 is 1.59 bits per heavy atom. The molecule has 0 aromatic carbocycles. The molecule has 46 heavy (non-hydrogen) atoms. The van der Waals surface area contributed by atoms with Gasteiger partial charge in [0.05, 0.1) is 36.6 Å². The minimum Gasteiger partial charge on any atom is -0.394 e. The van der Waals surface area contributed by atoms with E-state index >= 15 is 0 Å². The molecule has 1 saturated heterocycles. The van der Waals surface area contributed by atoms with Crippen molar-refractivity contribution in [1.82, 2.24) is 0 Å². The SMILES string of the molecule is C=C(C)[C@H](O)CC[C@](C)(O[C@H]1O[C@H](CO)[C@@H](O)[C@H](O)[C@@H]1O)[C@H]1CC[C@]2(C)[C@H]1[C@H](O)C[C@@H]1[C@@]3(C)CC[C@H](O)C(C)(C)[C@H]3[C@@H](O)C[C@]12C. The van der Waals surface area contributed by atoms with Crippen LogP contribution >= 0.6 is 0 Å². The molecule has 17 atom stereocenters. The van der Waals surface area contributed by atoms with Gasteiger partial charge in [-0.2, -0.15) is 0 Å². The molecule has 0 aromatic rings. The largest absolute Gasteiger partial charge is 0.394 e. The maximum Gasteiger partial charge on any atom is 0.187 e. The highest BCUT2D eigenvalue weighted by Gasteiger charge is 2.73. The first kappa shape index (κ1) is 36.6. The molecule has 10 nitrogen and oxygen atoms in total. The lowest BCUT2D eigenvalue weighted by Crippen LogP contribution is -2.70. The zero-order valence-electron chi connectivity index (χ0n) is 29.0. The topological polar surface area (TPSA) is 180 Å². The minimum absolute atomic E-state index is 0.102. The Bertz CT molecular complexity index is 1130. The van der Waals surface area contributed by atoms with Crippen molar-refractivity contribution in [1.29, 1.82) is 0 Å². The number of hydrogen-bond donors (Lipinski definition) is 8. The van der Waals surface area contributed by atoms with Crippen LogP contribution in [0.2, 0.25) is 0 Å². The van der Waals surface area contributed by atoms with Gasteiger partial charge in [-0.25, -0.2) is 0 Å². The maximum absolute atomic E-state index is 12.2. The molecular formula is C36H62O10. The highest BCUT2D eigenvalue weighted by atomic mass is 16.7. The van der Waals surface area contributed by atoms with Crippen molar-refractivity contribution in [3.05, 3.63) is 12.2 Å². The molecule has 0 unspecified atom stereocenters. The number of hydrogen-bond acceptors (Lipinski definition) is 10. The number of aliphatic hydroxyl groups is 8. The molecule has 0 aromatic heterocycles. The second kappa shape index (κ2) is 12.3. The maximum atomic E-state index is 12.2. The summed E-state index contributed by atoms with van der Waals surface area (Å²) in [6.07, 6.45) is -5.04. The standard InChI is InChI=1S/C36H62O10/c1-18(2)20(38)10-14-36(8,46-31-29(44)28(43)27(42)23(17-37)45-31)19-9-13-34(6)26(19)21(39)15-24-33(5)12-11-25(41)32(3,4)30(33)22(40)16-35(24,34)7/h19-31,37-44H,1,9-17H2,2-8H3/t19-,20+,21+,22-,23+,24+,25-,26+,27+,28-,29-,30+,31+,33+,34+,35+,36-/m0/s1. The Morgan fingerprint density at radius 3 is 2.20 bits per heavy atom. The fraction of sp³-hybridized carbons (Fsp3) is 0.944. The molecule has 5 aliphatic rings. The van der Waals surface area contributed by atoms with E-state index in [2.05, 4.69) is 41.2 Å². The third-order valence-corrected chi connectivity index (χ3v) is 14.8. The van der Waals surface area contributed by atoms with E-state index in [9.17, 15) is 40.9 Å². The van der Waals surface area contributed by atoms with Crippen molar-refractivity contribution in [2.45, 2.75) is 161 Å². The van der Waals surface area contributed by atoms with Gasteiger partial charge in [0.1, 0.15) is 24.4 Å². The van der Waals surface area contributed by atoms with Gasteiger partial charge < -0.3 is 50.3 Å². The van der Waals surface area contributed by atoms with E-state index in [4.69, 9.17) is 9.47 Å². The normalized spacial score (nSPS) is 52.2. The molecular weight excluding hydrogens is 592 g/mol. The van der Waals surface area contributed by atoms with Crippen LogP contribution in [-0.4, -0.2) is 108 Å². The highest BCUT2D eigenvalue weighted by Crippen LogP contribution is 2.76. The van der Waals surface area contributed by atoms with E-state index in [0.29, 0.717) is 44.1 Å². The summed E-state index contributed by atoms with van der Waals surface area (Å²) in [4.78, 5) is 0. The molecule has 10 heteroatoms. The van der Waals surface area contributed by atoms with Gasteiger partial charge in [0, 0.05) is 0 Å². The molecule has 8 N–H and O–H groups in total. The van der Waals surface area contributed by atoms with Gasteiger partial charge >= 0.3 is 0 Å². The highest BCUT2D eigenvalue weighted by molar-refractivity contribution is 5.21. The molecule has 0 amide bonds. The quantitative estimate of drug-likeness (QED) is 0.181. The van der Waals surface area contributed by atoms with Gasteiger partial charge in [-0.05, 0) is 111 Å². The van der Waals surface area contributed by atoms with Crippen LogP contribution in [0.4, 0.5) is 0 Å². The summed E-state index contributed by atoms with van der Waals surface area (Å²) in [5, 5.41) is 87.7. The van der Waals surface area contributed by atoms with Crippen LogP contribution in [0, 0.1) is 45.3 Å². The van der Waals surface area contributed by atoms with Crippen LogP contribution in [0.5, 0.6) is 0 Å². The first-order chi connectivity index (χ1) is 21.2. The van der Waals surface area contributed by atoms with Crippen LogP contribution in [0.1, 0.15) is 99.8 Å². The fourth-order valence-electron chi connectivity index (χ4n) is 12.1. The van der Waals surface area contributed by atoms with Gasteiger partial charge in [-0.1, -0.05) is 46.8 Å². The summed E-state index contributed by atoms with van der Waals surface area (Å²) >= 11 is 0. The second-order valence-electron chi connectivity index (χ2n) is 17.5. The minimum atomic E-state index is -1.59. The van der Waals surface area contributed by atoms with Crippen molar-refractivity contribution in [3.8, 4) is 0 Å². The zero-order chi connectivity index (χ0) is 34.4. The lowest BCUT2D eigenvalue weighted by molar-refractivity contribution is -0.337. The van der Waals surface area contributed by atoms with E-state index in [1.54, 1.807) is 6.92 Å². The average Bonchev–Trinajstić information content (AvgIpc) is 3.36. The number of fused-ring (bicyclic) bond motifs is 5. The Hall–Kier alpha value is -0.660. The van der Waals surface area contributed by atoms with Crippen LogP contribution in [0.15, 0.2) is 12.2 Å². The fourth-order valence-corrected chi connectivity index (χ4v) is 12.1. The third-order valence-electron chi connectivity index (χ3n) is 14.8. The molecule has 1 aliphatic heterocycles. The molecule has 0 radical (unpaired) electrons. The number of rotatable bonds is 8. The summed E-state index contributed by atoms with van der Waals surface area (Å²) in [5.41, 5.74) is -1.88. The van der Waals surface area contributed by atoms with E-state index in [1.165, 1.54) is 0 Å². The van der Waals surface area contributed by atoms with Crippen molar-refractivity contribution in [3.63, 3.8) is 0 Å². The molecule has 5 rings (SSSR count).